The fraction of sp³-hybridized carbons (Fsp3) is 0.167. The molecule has 0 unspecified atom stereocenters. The Kier molecular flexibility index (Phi) is 1.53. The van der Waals surface area contributed by atoms with E-state index < -0.39 is 5.91 Å². The normalized spacial score (nSPS) is 16.2. The minimum absolute atomic E-state index is 0.404. The lowest BCUT2D eigenvalue weighted by atomic mass is 10.2. The number of primary amides is 1. The summed E-state index contributed by atoms with van der Waals surface area (Å²) in [5.74, 6) is -0.446. The molecule has 3 nitrogen and oxygen atoms in total. The Balaban J connectivity index is 2.69. The minimum Gasteiger partial charge on any atom is -0.379 e. The number of amides is 1. The third-order valence-electron chi connectivity index (χ3n) is 0.993. The average molecular weight is 123 g/mol. The highest BCUT2D eigenvalue weighted by Gasteiger charge is 2.01. The third kappa shape index (κ3) is 1.32. The van der Waals surface area contributed by atoms with Crippen LogP contribution in [0.5, 0.6) is 0 Å². The predicted octanol–water partition coefficient (Wildman–Crippen LogP) is -0.682. The van der Waals surface area contributed by atoms with Crippen LogP contribution in [0, 0.1) is 6.20 Å². The SMILES string of the molecule is NC(=O)C1=[C]NCC=C1. The highest BCUT2D eigenvalue weighted by molar-refractivity contribution is 5.94. The molecule has 0 fully saturated rings. The van der Waals surface area contributed by atoms with Crippen molar-refractivity contribution >= 4 is 5.91 Å². The molecule has 9 heavy (non-hydrogen) atoms. The van der Waals surface area contributed by atoms with Crippen LogP contribution in [0.15, 0.2) is 17.7 Å². The zero-order valence-electron chi connectivity index (χ0n) is 4.85. The molecule has 3 heteroatoms. The van der Waals surface area contributed by atoms with Crippen molar-refractivity contribution < 1.29 is 4.79 Å². The minimum atomic E-state index is -0.446. The zero-order chi connectivity index (χ0) is 6.69. The van der Waals surface area contributed by atoms with Gasteiger partial charge in [0, 0.05) is 6.54 Å². The number of carbonyl (C=O) groups excluding carboxylic acids is 1. The summed E-state index contributed by atoms with van der Waals surface area (Å²) in [6.07, 6.45) is 6.09. The van der Waals surface area contributed by atoms with E-state index in [9.17, 15) is 4.79 Å². The maximum Gasteiger partial charge on any atom is 0.250 e. The van der Waals surface area contributed by atoms with E-state index in [1.165, 1.54) is 0 Å². The van der Waals surface area contributed by atoms with Gasteiger partial charge in [-0.2, -0.15) is 0 Å². The van der Waals surface area contributed by atoms with Crippen LogP contribution in [-0.4, -0.2) is 12.5 Å². The molecule has 1 aliphatic rings. The lowest BCUT2D eigenvalue weighted by molar-refractivity contribution is -0.114. The number of dihydropyridines is 1. The average Bonchev–Trinajstić information content (AvgIpc) is 1.90. The van der Waals surface area contributed by atoms with Crippen LogP contribution in [0.1, 0.15) is 0 Å². The number of hydrogen-bond donors (Lipinski definition) is 2. The molecule has 0 bridgehead atoms. The zero-order valence-corrected chi connectivity index (χ0v) is 4.85. The van der Waals surface area contributed by atoms with Crippen LogP contribution >= 0.6 is 0 Å². The van der Waals surface area contributed by atoms with Crippen molar-refractivity contribution in [2.24, 2.45) is 5.73 Å². The van der Waals surface area contributed by atoms with E-state index in [0.29, 0.717) is 5.57 Å². The third-order valence-corrected chi connectivity index (χ3v) is 0.993. The van der Waals surface area contributed by atoms with Crippen molar-refractivity contribution in [3.8, 4) is 0 Å². The van der Waals surface area contributed by atoms with E-state index in [4.69, 9.17) is 5.73 Å². The number of rotatable bonds is 1. The van der Waals surface area contributed by atoms with Gasteiger partial charge in [-0.15, -0.1) is 0 Å². The van der Waals surface area contributed by atoms with Crippen LogP contribution in [0.4, 0.5) is 0 Å². The van der Waals surface area contributed by atoms with E-state index in [0.717, 1.165) is 6.54 Å². The molecule has 47 valence electrons. The van der Waals surface area contributed by atoms with Gasteiger partial charge in [-0.25, -0.2) is 0 Å². The van der Waals surface area contributed by atoms with E-state index in [1.807, 2.05) is 6.08 Å². The molecule has 0 aromatic heterocycles. The molecule has 0 aliphatic carbocycles. The highest BCUT2D eigenvalue weighted by Crippen LogP contribution is 1.95. The molecule has 0 aromatic rings. The second-order valence-electron chi connectivity index (χ2n) is 1.69. The maximum atomic E-state index is 10.4. The van der Waals surface area contributed by atoms with Gasteiger partial charge in [0.05, 0.1) is 11.8 Å². The molecule has 0 atom stereocenters. The van der Waals surface area contributed by atoms with E-state index in [1.54, 1.807) is 6.08 Å². The maximum absolute atomic E-state index is 10.4. The molecular formula is C6H7N2O. The first-order valence-electron chi connectivity index (χ1n) is 2.63. The van der Waals surface area contributed by atoms with Crippen LogP contribution in [0.3, 0.4) is 0 Å². The molecule has 3 N–H and O–H groups in total. The lowest BCUT2D eigenvalue weighted by Crippen LogP contribution is -2.19. The Labute approximate surface area is 53.2 Å². The van der Waals surface area contributed by atoms with Gasteiger partial charge in [0.25, 0.3) is 5.91 Å². The summed E-state index contributed by atoms with van der Waals surface area (Å²) in [7, 11) is 0. The van der Waals surface area contributed by atoms with Crippen molar-refractivity contribution in [2.45, 2.75) is 0 Å². The summed E-state index contributed by atoms with van der Waals surface area (Å²) < 4.78 is 0. The molecule has 0 saturated heterocycles. The fourth-order valence-corrected chi connectivity index (χ4v) is 0.567. The van der Waals surface area contributed by atoms with Crippen molar-refractivity contribution in [1.29, 1.82) is 0 Å². The van der Waals surface area contributed by atoms with Crippen LogP contribution in [-0.2, 0) is 4.79 Å². The van der Waals surface area contributed by atoms with Crippen molar-refractivity contribution in [3.63, 3.8) is 0 Å². The summed E-state index contributed by atoms with van der Waals surface area (Å²) in [6.45, 7) is 0.719. The molecule has 1 radical (unpaired) electrons. The molecule has 0 spiro atoms. The predicted molar refractivity (Wildman–Crippen MR) is 33.1 cm³/mol. The topological polar surface area (TPSA) is 55.1 Å². The lowest BCUT2D eigenvalue weighted by Gasteiger charge is -2.01. The van der Waals surface area contributed by atoms with Gasteiger partial charge in [-0.1, -0.05) is 6.08 Å². The van der Waals surface area contributed by atoms with Crippen LogP contribution < -0.4 is 11.1 Å². The van der Waals surface area contributed by atoms with Gasteiger partial charge in [0.15, 0.2) is 0 Å². The van der Waals surface area contributed by atoms with Crippen LogP contribution in [0.25, 0.3) is 0 Å². The molecule has 0 aromatic carbocycles. The number of hydrogen-bond acceptors (Lipinski definition) is 2. The van der Waals surface area contributed by atoms with Crippen molar-refractivity contribution in [2.75, 3.05) is 6.54 Å². The summed E-state index contributed by atoms with van der Waals surface area (Å²) in [5.41, 5.74) is 5.34. The Morgan fingerprint density at radius 3 is 3.00 bits per heavy atom. The quantitative estimate of drug-likeness (QED) is 0.485. The van der Waals surface area contributed by atoms with E-state index >= 15 is 0 Å². The summed E-state index contributed by atoms with van der Waals surface area (Å²) in [6, 6.07) is 0. The number of nitrogens with one attached hydrogen (secondary N) is 1. The molecule has 1 aliphatic heterocycles. The monoisotopic (exact) mass is 123 g/mol. The summed E-state index contributed by atoms with van der Waals surface area (Å²) >= 11 is 0. The first kappa shape index (κ1) is 5.88. The molecule has 0 saturated carbocycles. The fourth-order valence-electron chi connectivity index (χ4n) is 0.567. The molecular weight excluding hydrogens is 116 g/mol. The first-order chi connectivity index (χ1) is 4.30. The van der Waals surface area contributed by atoms with Crippen molar-refractivity contribution in [3.05, 3.63) is 23.9 Å². The van der Waals surface area contributed by atoms with E-state index in [2.05, 4.69) is 11.5 Å². The van der Waals surface area contributed by atoms with Crippen LogP contribution in [0.2, 0.25) is 0 Å². The largest absolute Gasteiger partial charge is 0.379 e. The van der Waals surface area contributed by atoms with Gasteiger partial charge in [0.2, 0.25) is 0 Å². The van der Waals surface area contributed by atoms with Gasteiger partial charge < -0.3 is 11.1 Å². The van der Waals surface area contributed by atoms with Gasteiger partial charge in [-0.05, 0) is 6.08 Å². The smallest absolute Gasteiger partial charge is 0.250 e. The van der Waals surface area contributed by atoms with Gasteiger partial charge in [0.1, 0.15) is 0 Å². The van der Waals surface area contributed by atoms with Gasteiger partial charge in [-0.3, -0.25) is 4.79 Å². The molecule has 1 rings (SSSR count). The Bertz CT molecular complexity index is 181. The Morgan fingerprint density at radius 2 is 2.67 bits per heavy atom. The summed E-state index contributed by atoms with van der Waals surface area (Å²) in [5, 5.41) is 2.74. The molecule has 1 heterocycles. The van der Waals surface area contributed by atoms with E-state index in [-0.39, 0.29) is 0 Å². The Morgan fingerprint density at radius 1 is 1.89 bits per heavy atom. The summed E-state index contributed by atoms with van der Waals surface area (Å²) in [4.78, 5) is 10.4. The second kappa shape index (κ2) is 2.35. The first-order valence-corrected chi connectivity index (χ1v) is 2.63. The highest BCUT2D eigenvalue weighted by atomic mass is 16.1. The number of carbonyl (C=O) groups is 1. The Hall–Kier alpha value is -1.25. The van der Waals surface area contributed by atoms with Crippen molar-refractivity contribution in [1.82, 2.24) is 5.32 Å². The standard InChI is InChI=1S/C6H7N2O/c7-6(9)5-2-1-3-8-4-5/h1-2,8H,3H2,(H2,7,9). The number of nitrogens with two attached hydrogens (primary N) is 1. The second-order valence-corrected chi connectivity index (χ2v) is 1.69. The molecule has 1 amide bonds. The van der Waals surface area contributed by atoms with Gasteiger partial charge >= 0.3 is 0 Å².